The van der Waals surface area contributed by atoms with E-state index in [1.165, 1.54) is 0 Å². The number of nitrogens with one attached hydrogen (secondary N) is 1. The van der Waals surface area contributed by atoms with E-state index in [0.717, 1.165) is 5.56 Å². The van der Waals surface area contributed by atoms with E-state index in [9.17, 15) is 9.59 Å². The van der Waals surface area contributed by atoms with Crippen LogP contribution in [-0.4, -0.2) is 61.6 Å². The first-order chi connectivity index (χ1) is 15.3. The van der Waals surface area contributed by atoms with Gasteiger partial charge < -0.3 is 24.6 Å². The second kappa shape index (κ2) is 10.6. The molecule has 172 valence electrons. The minimum Gasteiger partial charge on any atom is -0.493 e. The molecule has 3 rings (SSSR count). The Hall–Kier alpha value is -2.93. The molecule has 0 aliphatic carbocycles. The van der Waals surface area contributed by atoms with E-state index in [1.54, 1.807) is 44.6 Å². The van der Waals surface area contributed by atoms with E-state index < -0.39 is 0 Å². The summed E-state index contributed by atoms with van der Waals surface area (Å²) < 4.78 is 10.6. The summed E-state index contributed by atoms with van der Waals surface area (Å²) in [4.78, 5) is 29.6. The van der Waals surface area contributed by atoms with Crippen molar-refractivity contribution >= 4 is 29.2 Å². The summed E-state index contributed by atoms with van der Waals surface area (Å²) in [7, 11) is 3.16. The standard InChI is InChI=1S/C24H30ClN3O4/c1-16(2)20-15-27(23(29)14-17-5-10-21(31-3)22(13-17)32-4)11-12-28(20)24(30)26-19-8-6-18(25)7-9-19/h5-10,13,16,20H,11-12,14-15H2,1-4H3,(H,26,30). The smallest absolute Gasteiger partial charge is 0.322 e. The highest BCUT2D eigenvalue weighted by atomic mass is 35.5. The van der Waals surface area contributed by atoms with Crippen molar-refractivity contribution in [3.05, 3.63) is 53.1 Å². The third-order valence-corrected chi connectivity index (χ3v) is 5.95. The molecule has 1 saturated heterocycles. The number of methoxy groups -OCH3 is 2. The number of piperazine rings is 1. The number of ether oxygens (including phenoxy) is 2. The van der Waals surface area contributed by atoms with Gasteiger partial charge in [-0.25, -0.2) is 4.79 Å². The van der Waals surface area contributed by atoms with Crippen LogP contribution in [0.15, 0.2) is 42.5 Å². The molecular weight excluding hydrogens is 430 g/mol. The number of carbonyl (C=O) groups is 2. The zero-order chi connectivity index (χ0) is 23.3. The van der Waals surface area contributed by atoms with Gasteiger partial charge in [0.1, 0.15) is 0 Å². The molecule has 1 aliphatic rings. The maximum Gasteiger partial charge on any atom is 0.322 e. The summed E-state index contributed by atoms with van der Waals surface area (Å²) >= 11 is 5.92. The molecule has 1 unspecified atom stereocenters. The van der Waals surface area contributed by atoms with Gasteiger partial charge in [0, 0.05) is 30.3 Å². The summed E-state index contributed by atoms with van der Waals surface area (Å²) in [5.41, 5.74) is 1.55. The van der Waals surface area contributed by atoms with Crippen LogP contribution in [0.2, 0.25) is 5.02 Å². The zero-order valence-electron chi connectivity index (χ0n) is 18.9. The predicted octanol–water partition coefficient (Wildman–Crippen LogP) is 4.30. The second-order valence-electron chi connectivity index (χ2n) is 8.15. The average molecular weight is 460 g/mol. The first kappa shape index (κ1) is 23.7. The lowest BCUT2D eigenvalue weighted by Gasteiger charge is -2.43. The molecule has 0 aromatic heterocycles. The fourth-order valence-corrected chi connectivity index (χ4v) is 3.99. The predicted molar refractivity (Wildman–Crippen MR) is 126 cm³/mol. The van der Waals surface area contributed by atoms with Crippen LogP contribution in [0.25, 0.3) is 0 Å². The van der Waals surface area contributed by atoms with Crippen molar-refractivity contribution in [3.8, 4) is 11.5 Å². The quantitative estimate of drug-likeness (QED) is 0.699. The fourth-order valence-electron chi connectivity index (χ4n) is 3.86. The van der Waals surface area contributed by atoms with Gasteiger partial charge in [-0.2, -0.15) is 0 Å². The number of amides is 3. The monoisotopic (exact) mass is 459 g/mol. The van der Waals surface area contributed by atoms with Gasteiger partial charge in [-0.05, 0) is 47.9 Å². The highest BCUT2D eigenvalue weighted by molar-refractivity contribution is 6.30. The molecule has 0 radical (unpaired) electrons. The molecule has 0 spiro atoms. The Kier molecular flexibility index (Phi) is 7.85. The number of carbonyl (C=O) groups excluding carboxylic acids is 2. The number of anilines is 1. The molecule has 1 aliphatic heterocycles. The Labute approximate surface area is 194 Å². The van der Waals surface area contributed by atoms with Crippen LogP contribution in [-0.2, 0) is 11.2 Å². The van der Waals surface area contributed by atoms with E-state index in [-0.39, 0.29) is 30.3 Å². The molecule has 2 aromatic rings. The molecule has 2 aromatic carbocycles. The van der Waals surface area contributed by atoms with Gasteiger partial charge in [-0.3, -0.25) is 4.79 Å². The van der Waals surface area contributed by atoms with Crippen LogP contribution in [0.1, 0.15) is 19.4 Å². The van der Waals surface area contributed by atoms with E-state index in [0.29, 0.717) is 41.8 Å². The SMILES string of the molecule is COc1ccc(CC(=O)N2CCN(C(=O)Nc3ccc(Cl)cc3)C(C(C)C)C2)cc1OC. The van der Waals surface area contributed by atoms with Crippen molar-refractivity contribution < 1.29 is 19.1 Å². The molecular formula is C24H30ClN3O4. The van der Waals surface area contributed by atoms with Gasteiger partial charge >= 0.3 is 6.03 Å². The lowest BCUT2D eigenvalue weighted by Crippen LogP contribution is -2.59. The first-order valence-electron chi connectivity index (χ1n) is 10.6. The fraction of sp³-hybridized carbons (Fsp3) is 0.417. The van der Waals surface area contributed by atoms with Crippen molar-refractivity contribution in [1.29, 1.82) is 0 Å². The molecule has 1 heterocycles. The number of hydrogen-bond donors (Lipinski definition) is 1. The Balaban J connectivity index is 1.65. The molecule has 8 heteroatoms. The van der Waals surface area contributed by atoms with Crippen molar-refractivity contribution in [1.82, 2.24) is 9.80 Å². The Morgan fingerprint density at radius 2 is 1.75 bits per heavy atom. The zero-order valence-corrected chi connectivity index (χ0v) is 19.7. The number of halogens is 1. The van der Waals surface area contributed by atoms with Crippen LogP contribution >= 0.6 is 11.6 Å². The van der Waals surface area contributed by atoms with E-state index in [4.69, 9.17) is 21.1 Å². The third kappa shape index (κ3) is 5.65. The lowest BCUT2D eigenvalue weighted by atomic mass is 9.99. The van der Waals surface area contributed by atoms with Gasteiger partial charge in [0.05, 0.1) is 26.7 Å². The van der Waals surface area contributed by atoms with Gasteiger partial charge in [0.2, 0.25) is 5.91 Å². The lowest BCUT2D eigenvalue weighted by molar-refractivity contribution is -0.133. The highest BCUT2D eigenvalue weighted by Crippen LogP contribution is 2.28. The van der Waals surface area contributed by atoms with E-state index in [1.807, 2.05) is 21.9 Å². The first-order valence-corrected chi connectivity index (χ1v) is 11.0. The van der Waals surface area contributed by atoms with Crippen molar-refractivity contribution in [2.45, 2.75) is 26.3 Å². The number of rotatable bonds is 6. The van der Waals surface area contributed by atoms with Crippen LogP contribution < -0.4 is 14.8 Å². The van der Waals surface area contributed by atoms with Crippen LogP contribution in [0.5, 0.6) is 11.5 Å². The number of benzene rings is 2. The molecule has 7 nitrogen and oxygen atoms in total. The van der Waals surface area contributed by atoms with E-state index >= 15 is 0 Å². The van der Waals surface area contributed by atoms with Crippen LogP contribution in [0.4, 0.5) is 10.5 Å². The maximum atomic E-state index is 13.0. The van der Waals surface area contributed by atoms with Crippen molar-refractivity contribution in [2.24, 2.45) is 5.92 Å². The average Bonchev–Trinajstić information content (AvgIpc) is 2.79. The van der Waals surface area contributed by atoms with Crippen molar-refractivity contribution in [3.63, 3.8) is 0 Å². The molecule has 1 N–H and O–H groups in total. The maximum absolute atomic E-state index is 13.0. The number of hydrogen-bond acceptors (Lipinski definition) is 4. The Morgan fingerprint density at radius 1 is 1.06 bits per heavy atom. The molecule has 32 heavy (non-hydrogen) atoms. The highest BCUT2D eigenvalue weighted by Gasteiger charge is 2.34. The summed E-state index contributed by atoms with van der Waals surface area (Å²) in [5, 5.41) is 3.55. The topological polar surface area (TPSA) is 71.1 Å². The van der Waals surface area contributed by atoms with Gasteiger partial charge in [0.15, 0.2) is 11.5 Å². The molecule has 3 amide bonds. The van der Waals surface area contributed by atoms with Gasteiger partial charge in [-0.1, -0.05) is 31.5 Å². The molecule has 1 atom stereocenters. The number of nitrogens with zero attached hydrogens (tertiary/aromatic N) is 2. The summed E-state index contributed by atoms with van der Waals surface area (Å²) in [6.45, 7) is 5.59. The minimum absolute atomic E-state index is 0.0284. The summed E-state index contributed by atoms with van der Waals surface area (Å²) in [5.74, 6) is 1.45. The van der Waals surface area contributed by atoms with Crippen molar-refractivity contribution in [2.75, 3.05) is 39.2 Å². The largest absolute Gasteiger partial charge is 0.493 e. The molecule has 1 fully saturated rings. The van der Waals surface area contributed by atoms with Gasteiger partial charge in [-0.15, -0.1) is 0 Å². The Bertz CT molecular complexity index is 949. The summed E-state index contributed by atoms with van der Waals surface area (Å²) in [6.07, 6.45) is 0.266. The van der Waals surface area contributed by atoms with Gasteiger partial charge in [0.25, 0.3) is 0 Å². The summed E-state index contributed by atoms with van der Waals surface area (Å²) in [6, 6.07) is 12.3. The molecule has 0 saturated carbocycles. The Morgan fingerprint density at radius 3 is 2.38 bits per heavy atom. The van der Waals surface area contributed by atoms with Crippen LogP contribution in [0, 0.1) is 5.92 Å². The van der Waals surface area contributed by atoms with Crippen LogP contribution in [0.3, 0.4) is 0 Å². The second-order valence-corrected chi connectivity index (χ2v) is 8.58. The molecule has 0 bridgehead atoms. The third-order valence-electron chi connectivity index (χ3n) is 5.70. The minimum atomic E-state index is -0.169. The normalized spacial score (nSPS) is 16.1. The number of urea groups is 1. The van der Waals surface area contributed by atoms with E-state index in [2.05, 4.69) is 19.2 Å².